The highest BCUT2D eigenvalue weighted by Crippen LogP contribution is 2.39. The second kappa shape index (κ2) is 14.5. The summed E-state index contributed by atoms with van der Waals surface area (Å²) >= 11 is 0. The summed E-state index contributed by atoms with van der Waals surface area (Å²) in [4.78, 5) is 51.7. The van der Waals surface area contributed by atoms with Crippen LogP contribution < -0.4 is 15.5 Å². The van der Waals surface area contributed by atoms with Crippen LogP contribution in [0.5, 0.6) is 0 Å². The molecule has 2 N–H and O–H groups in total. The third kappa shape index (κ3) is 8.56. The van der Waals surface area contributed by atoms with Crippen LogP contribution in [0.4, 0.5) is 21.1 Å². The van der Waals surface area contributed by atoms with E-state index in [-0.39, 0.29) is 18.4 Å². The molecule has 234 valence electrons. The lowest BCUT2D eigenvalue weighted by atomic mass is 9.93. The average molecular weight is 597 g/mol. The fraction of sp³-hybridized carbons (Fsp3) is 0.581. The van der Waals surface area contributed by atoms with E-state index in [9.17, 15) is 14.4 Å². The first-order chi connectivity index (χ1) is 20.6. The van der Waals surface area contributed by atoms with E-state index in [1.807, 2.05) is 52.0 Å². The van der Waals surface area contributed by atoms with Gasteiger partial charge in [-0.3, -0.25) is 9.69 Å². The molecular formula is C31H44N6O6. The number of aromatic nitrogens is 2. The second-order valence-electron chi connectivity index (χ2n) is 11.5. The lowest BCUT2D eigenvalue weighted by Crippen LogP contribution is -2.45. The Morgan fingerprint density at radius 3 is 2.42 bits per heavy atom. The van der Waals surface area contributed by atoms with Gasteiger partial charge in [0.15, 0.2) is 5.82 Å². The molecule has 0 radical (unpaired) electrons. The normalized spacial score (nSPS) is 16.7. The minimum atomic E-state index is -0.660. The van der Waals surface area contributed by atoms with Gasteiger partial charge < -0.3 is 29.7 Å². The van der Waals surface area contributed by atoms with Crippen LogP contribution >= 0.6 is 0 Å². The molecule has 43 heavy (non-hydrogen) atoms. The standard InChI is InChI=1S/C31H44N6O6/c1-6-32-29(39)33-22-13-11-21(12-14-22)27-34-26-23(28(35-27)36-17-19-41-20-18-36)15-16-37(30(40)43-31(3,4)5)24(26)9-8-10-25(38)42-7-2/h11-14,24H,6-10,15-20H2,1-5H3,(H2,32,33,39)/t24-/m0/s1. The number of benzene rings is 1. The van der Waals surface area contributed by atoms with Crippen LogP contribution in [0.15, 0.2) is 24.3 Å². The molecule has 0 spiro atoms. The van der Waals surface area contributed by atoms with Gasteiger partial charge in [0, 0.05) is 49.4 Å². The van der Waals surface area contributed by atoms with E-state index in [2.05, 4.69) is 15.5 Å². The van der Waals surface area contributed by atoms with Crippen molar-refractivity contribution in [3.05, 3.63) is 35.5 Å². The summed E-state index contributed by atoms with van der Waals surface area (Å²) in [5.74, 6) is 1.10. The zero-order valence-corrected chi connectivity index (χ0v) is 25.9. The summed E-state index contributed by atoms with van der Waals surface area (Å²) in [5, 5.41) is 5.53. The molecule has 0 aliphatic carbocycles. The van der Waals surface area contributed by atoms with E-state index in [4.69, 9.17) is 24.2 Å². The lowest BCUT2D eigenvalue weighted by Gasteiger charge is -2.39. The SMILES string of the molecule is CCNC(=O)Nc1ccc(-c2nc3c(c(N4CCOCC4)n2)CCN(C(=O)OC(C)(C)C)[C@H]3CCCC(=O)OCC)cc1. The highest BCUT2D eigenvalue weighted by Gasteiger charge is 2.37. The number of amides is 3. The van der Waals surface area contributed by atoms with Crippen molar-refractivity contribution in [2.75, 3.05) is 56.2 Å². The maximum Gasteiger partial charge on any atom is 0.410 e. The molecular weight excluding hydrogens is 552 g/mol. The number of nitrogens with zero attached hydrogens (tertiary/aromatic N) is 4. The van der Waals surface area contributed by atoms with E-state index < -0.39 is 17.7 Å². The minimum Gasteiger partial charge on any atom is -0.466 e. The number of urea groups is 1. The van der Waals surface area contributed by atoms with Gasteiger partial charge >= 0.3 is 18.1 Å². The van der Waals surface area contributed by atoms with Gasteiger partial charge in [-0.1, -0.05) is 0 Å². The first-order valence-corrected chi connectivity index (χ1v) is 15.1. The Bertz CT molecular complexity index is 1270. The quantitative estimate of drug-likeness (QED) is 0.395. The molecule has 1 aromatic heterocycles. The van der Waals surface area contributed by atoms with Crippen LogP contribution in [0.3, 0.4) is 0 Å². The number of hydrogen-bond donors (Lipinski definition) is 2. The van der Waals surface area contributed by atoms with Crippen molar-refractivity contribution < 1.29 is 28.6 Å². The number of carbonyl (C=O) groups is 3. The predicted molar refractivity (Wildman–Crippen MR) is 163 cm³/mol. The topological polar surface area (TPSA) is 135 Å². The van der Waals surface area contributed by atoms with Crippen molar-refractivity contribution in [1.82, 2.24) is 20.2 Å². The largest absolute Gasteiger partial charge is 0.466 e. The average Bonchev–Trinajstić information content (AvgIpc) is 2.97. The van der Waals surface area contributed by atoms with E-state index in [0.717, 1.165) is 22.6 Å². The Hall–Kier alpha value is -3.93. The smallest absolute Gasteiger partial charge is 0.410 e. The summed E-state index contributed by atoms with van der Waals surface area (Å²) in [6, 6.07) is 6.68. The number of hydrogen-bond acceptors (Lipinski definition) is 9. The number of rotatable bonds is 9. The van der Waals surface area contributed by atoms with E-state index >= 15 is 0 Å². The van der Waals surface area contributed by atoms with E-state index in [1.54, 1.807) is 11.8 Å². The van der Waals surface area contributed by atoms with Gasteiger partial charge in [-0.05, 0) is 78.1 Å². The number of nitrogens with one attached hydrogen (secondary N) is 2. The molecule has 2 aliphatic heterocycles. The van der Waals surface area contributed by atoms with Crippen LogP contribution in [0.1, 0.15) is 71.2 Å². The molecule has 1 fully saturated rings. The zero-order valence-electron chi connectivity index (χ0n) is 25.9. The Balaban J connectivity index is 1.74. The molecule has 3 heterocycles. The second-order valence-corrected chi connectivity index (χ2v) is 11.5. The summed E-state index contributed by atoms with van der Waals surface area (Å²) in [6.45, 7) is 13.1. The van der Waals surface area contributed by atoms with Gasteiger partial charge in [0.05, 0.1) is 31.6 Å². The third-order valence-corrected chi connectivity index (χ3v) is 7.15. The Kier molecular flexibility index (Phi) is 10.8. The first-order valence-electron chi connectivity index (χ1n) is 15.1. The van der Waals surface area contributed by atoms with Crippen LogP contribution in [0.2, 0.25) is 0 Å². The van der Waals surface area contributed by atoms with Gasteiger partial charge in [-0.25, -0.2) is 19.6 Å². The Morgan fingerprint density at radius 1 is 1.05 bits per heavy atom. The monoisotopic (exact) mass is 596 g/mol. The first kappa shape index (κ1) is 32.0. The molecule has 1 atom stereocenters. The molecule has 12 heteroatoms. The molecule has 0 unspecified atom stereocenters. The van der Waals surface area contributed by atoms with Crippen molar-refractivity contribution in [2.45, 2.75) is 71.9 Å². The van der Waals surface area contributed by atoms with Crippen molar-refractivity contribution in [3.8, 4) is 11.4 Å². The molecule has 0 bridgehead atoms. The maximum absolute atomic E-state index is 13.4. The number of fused-ring (bicyclic) bond motifs is 1. The molecule has 2 aromatic rings. The van der Waals surface area contributed by atoms with Gasteiger partial charge in [0.2, 0.25) is 0 Å². The Labute approximate surface area is 253 Å². The molecule has 3 amide bonds. The highest BCUT2D eigenvalue weighted by atomic mass is 16.6. The van der Waals surface area contributed by atoms with Gasteiger partial charge in [0.1, 0.15) is 11.4 Å². The van der Waals surface area contributed by atoms with E-state index in [0.29, 0.717) is 76.8 Å². The highest BCUT2D eigenvalue weighted by molar-refractivity contribution is 5.89. The number of morpholine rings is 1. The number of anilines is 2. The molecule has 1 saturated heterocycles. The van der Waals surface area contributed by atoms with Crippen molar-refractivity contribution in [3.63, 3.8) is 0 Å². The molecule has 1 aromatic carbocycles. The van der Waals surface area contributed by atoms with Crippen LogP contribution in [-0.4, -0.2) is 84.6 Å². The van der Waals surface area contributed by atoms with E-state index in [1.165, 1.54) is 0 Å². The summed E-state index contributed by atoms with van der Waals surface area (Å²) in [7, 11) is 0. The lowest BCUT2D eigenvalue weighted by molar-refractivity contribution is -0.143. The zero-order chi connectivity index (χ0) is 31.0. The van der Waals surface area contributed by atoms with Gasteiger partial charge in [-0.15, -0.1) is 0 Å². The third-order valence-electron chi connectivity index (χ3n) is 7.15. The van der Waals surface area contributed by atoms with Crippen LogP contribution in [0, 0.1) is 0 Å². The maximum atomic E-state index is 13.4. The van der Waals surface area contributed by atoms with Crippen molar-refractivity contribution >= 4 is 29.6 Å². The predicted octanol–water partition coefficient (Wildman–Crippen LogP) is 4.69. The fourth-order valence-corrected chi connectivity index (χ4v) is 5.25. The number of carbonyl (C=O) groups excluding carboxylic acids is 3. The number of esters is 1. The van der Waals surface area contributed by atoms with Gasteiger partial charge in [-0.2, -0.15) is 0 Å². The molecule has 4 rings (SSSR count). The van der Waals surface area contributed by atoms with Crippen molar-refractivity contribution in [2.24, 2.45) is 0 Å². The molecule has 0 saturated carbocycles. The fourth-order valence-electron chi connectivity index (χ4n) is 5.25. The molecule has 12 nitrogen and oxygen atoms in total. The van der Waals surface area contributed by atoms with Gasteiger partial charge in [0.25, 0.3) is 0 Å². The summed E-state index contributed by atoms with van der Waals surface area (Å²) in [5.41, 5.74) is 2.53. The van der Waals surface area contributed by atoms with Crippen LogP contribution in [-0.2, 0) is 25.4 Å². The van der Waals surface area contributed by atoms with Crippen molar-refractivity contribution in [1.29, 1.82) is 0 Å². The summed E-state index contributed by atoms with van der Waals surface area (Å²) < 4.78 is 16.6. The minimum absolute atomic E-state index is 0.246. The molecule has 2 aliphatic rings. The summed E-state index contributed by atoms with van der Waals surface area (Å²) in [6.07, 6.45) is 1.45. The van der Waals surface area contributed by atoms with Crippen LogP contribution in [0.25, 0.3) is 11.4 Å². The Morgan fingerprint density at radius 2 is 1.77 bits per heavy atom. The number of ether oxygens (including phenoxy) is 3.